The van der Waals surface area contributed by atoms with E-state index in [-0.39, 0.29) is 4.84 Å². The molecule has 6 nitrogen and oxygen atoms in total. The van der Waals surface area contributed by atoms with Crippen LogP contribution in [0.2, 0.25) is 0 Å². The Kier molecular flexibility index (Phi) is 4.85. The summed E-state index contributed by atoms with van der Waals surface area (Å²) in [5, 5.41) is 15.8. The van der Waals surface area contributed by atoms with E-state index in [1.54, 1.807) is 0 Å². The number of nitrogens with zero attached hydrogens (tertiary/aromatic N) is 4. The topological polar surface area (TPSA) is 80.5 Å². The van der Waals surface area contributed by atoms with E-state index in [0.717, 1.165) is 22.5 Å². The van der Waals surface area contributed by atoms with Gasteiger partial charge in [0.2, 0.25) is 11.0 Å². The Hall–Kier alpha value is -2.84. The van der Waals surface area contributed by atoms with Crippen LogP contribution in [-0.4, -0.2) is 25.4 Å². The lowest BCUT2D eigenvalue weighted by Crippen LogP contribution is -1.99. The van der Waals surface area contributed by atoms with Crippen molar-refractivity contribution in [2.24, 2.45) is 0 Å². The fourth-order valence-electron chi connectivity index (χ4n) is 2.41. The van der Waals surface area contributed by atoms with Crippen LogP contribution in [0.3, 0.4) is 0 Å². The number of H-pyrrole nitrogens is 1. The van der Waals surface area contributed by atoms with Gasteiger partial charge in [-0.15, -0.1) is 15.3 Å². The number of rotatable bonds is 5. The van der Waals surface area contributed by atoms with Gasteiger partial charge in [0.1, 0.15) is 11.4 Å². The predicted octanol–water partition coefficient (Wildman–Crippen LogP) is 4.54. The third-order valence-corrected chi connectivity index (χ3v) is 4.57. The molecule has 26 heavy (non-hydrogen) atoms. The summed E-state index contributed by atoms with van der Waals surface area (Å²) in [4.78, 5) is 4.98. The van der Waals surface area contributed by atoms with Gasteiger partial charge >= 0.3 is 0 Å². The smallest absolute Gasteiger partial charge is 0.284 e. The second-order valence-corrected chi connectivity index (χ2v) is 6.63. The molecule has 0 bridgehead atoms. The van der Waals surface area contributed by atoms with Gasteiger partial charge in [-0.25, -0.2) is 10.1 Å². The summed E-state index contributed by atoms with van der Waals surface area (Å²) in [6.07, 6.45) is 0. The molecule has 0 aliphatic rings. The molecule has 0 aliphatic heterocycles. The van der Waals surface area contributed by atoms with Crippen LogP contribution in [0.5, 0.6) is 0 Å². The van der Waals surface area contributed by atoms with E-state index in [4.69, 9.17) is 21.6 Å². The molecule has 2 aromatic heterocycles. The number of hydrogen-bond acceptors (Lipinski definition) is 7. The lowest BCUT2D eigenvalue weighted by molar-refractivity contribution is 0.500. The van der Waals surface area contributed by atoms with Crippen molar-refractivity contribution in [1.82, 2.24) is 25.4 Å². The number of hydrogen-bond donors (Lipinski definition) is 1. The molecule has 4 rings (SSSR count). The van der Waals surface area contributed by atoms with E-state index >= 15 is 0 Å². The lowest BCUT2D eigenvalue weighted by Gasteiger charge is -2.09. The van der Waals surface area contributed by atoms with Crippen LogP contribution in [0.4, 0.5) is 0 Å². The molecule has 2 aromatic carbocycles. The Balaban J connectivity index is 1.71. The molecule has 128 valence electrons. The fourth-order valence-corrected chi connectivity index (χ4v) is 3.18. The SMILES string of the molecule is S=c1[nH]nc(CSc2nnc(-c3ccccc3)c(-c3ccccc3)n2)o1. The van der Waals surface area contributed by atoms with Crippen molar-refractivity contribution in [3.05, 3.63) is 71.4 Å². The average Bonchev–Trinajstić information content (AvgIpc) is 3.13. The summed E-state index contributed by atoms with van der Waals surface area (Å²) in [6, 6.07) is 19.9. The maximum absolute atomic E-state index is 5.26. The molecule has 0 spiro atoms. The van der Waals surface area contributed by atoms with Gasteiger partial charge in [0.05, 0.1) is 5.75 Å². The molecule has 2 heterocycles. The second kappa shape index (κ2) is 7.59. The molecule has 4 aromatic rings. The number of aromatic amines is 1. The summed E-state index contributed by atoms with van der Waals surface area (Å²) < 4.78 is 5.26. The van der Waals surface area contributed by atoms with Crippen LogP contribution in [0.1, 0.15) is 5.89 Å². The van der Waals surface area contributed by atoms with Crippen LogP contribution in [0, 0.1) is 4.84 Å². The third-order valence-electron chi connectivity index (χ3n) is 3.57. The molecule has 0 saturated carbocycles. The number of thioether (sulfide) groups is 1. The maximum atomic E-state index is 5.26. The Morgan fingerprint density at radius 2 is 1.54 bits per heavy atom. The molecule has 0 atom stereocenters. The van der Waals surface area contributed by atoms with Crippen molar-refractivity contribution < 1.29 is 4.42 Å². The first kappa shape index (κ1) is 16.6. The van der Waals surface area contributed by atoms with Gasteiger partial charge in [0.25, 0.3) is 4.84 Å². The van der Waals surface area contributed by atoms with Gasteiger partial charge < -0.3 is 4.42 Å². The van der Waals surface area contributed by atoms with Crippen LogP contribution in [0.25, 0.3) is 22.5 Å². The standard InChI is InChI=1S/C18H13N5OS2/c25-18-23-20-14(24-18)11-26-17-19-15(12-7-3-1-4-8-12)16(21-22-17)13-9-5-2-6-10-13/h1-10H,11H2,(H,23,25). The summed E-state index contributed by atoms with van der Waals surface area (Å²) >= 11 is 6.27. The third kappa shape index (κ3) is 3.71. The lowest BCUT2D eigenvalue weighted by atomic mass is 10.0. The van der Waals surface area contributed by atoms with E-state index in [1.807, 2.05) is 60.7 Å². The molecule has 8 heteroatoms. The Morgan fingerprint density at radius 1 is 0.885 bits per heavy atom. The van der Waals surface area contributed by atoms with E-state index in [1.165, 1.54) is 11.8 Å². The zero-order valence-electron chi connectivity index (χ0n) is 13.5. The number of nitrogens with one attached hydrogen (secondary N) is 1. The largest absolute Gasteiger partial charge is 0.413 e. The van der Waals surface area contributed by atoms with E-state index in [9.17, 15) is 0 Å². The summed E-state index contributed by atoms with van der Waals surface area (Å²) in [6.45, 7) is 0. The average molecular weight is 379 g/mol. The van der Waals surface area contributed by atoms with Gasteiger partial charge in [-0.1, -0.05) is 72.4 Å². The normalized spacial score (nSPS) is 10.8. The Bertz CT molecular complexity index is 1060. The molecule has 0 unspecified atom stereocenters. The predicted molar refractivity (Wildman–Crippen MR) is 102 cm³/mol. The van der Waals surface area contributed by atoms with E-state index in [0.29, 0.717) is 16.8 Å². The molecule has 0 saturated heterocycles. The second-order valence-electron chi connectivity index (χ2n) is 5.32. The monoisotopic (exact) mass is 379 g/mol. The fraction of sp³-hybridized carbons (Fsp3) is 0.0556. The van der Waals surface area contributed by atoms with E-state index in [2.05, 4.69) is 20.4 Å². The highest BCUT2D eigenvalue weighted by atomic mass is 32.2. The molecular formula is C18H13N5OS2. The minimum Gasteiger partial charge on any atom is -0.413 e. The highest BCUT2D eigenvalue weighted by molar-refractivity contribution is 7.98. The first-order valence-electron chi connectivity index (χ1n) is 7.82. The first-order chi connectivity index (χ1) is 12.8. The van der Waals surface area contributed by atoms with Crippen molar-refractivity contribution in [3.8, 4) is 22.5 Å². The van der Waals surface area contributed by atoms with Crippen molar-refractivity contribution in [1.29, 1.82) is 0 Å². The molecule has 0 amide bonds. The minimum atomic E-state index is 0.254. The summed E-state index contributed by atoms with van der Waals surface area (Å²) in [5.41, 5.74) is 3.50. The van der Waals surface area contributed by atoms with Crippen molar-refractivity contribution >= 4 is 24.0 Å². The van der Waals surface area contributed by atoms with Gasteiger partial charge in [-0.2, -0.15) is 0 Å². The van der Waals surface area contributed by atoms with Crippen LogP contribution in [-0.2, 0) is 5.75 Å². The van der Waals surface area contributed by atoms with Gasteiger partial charge in [-0.3, -0.25) is 0 Å². The van der Waals surface area contributed by atoms with Gasteiger partial charge in [0.15, 0.2) is 0 Å². The molecular weight excluding hydrogens is 366 g/mol. The Labute approximate surface area is 158 Å². The number of aromatic nitrogens is 5. The zero-order valence-corrected chi connectivity index (χ0v) is 15.1. The highest BCUT2D eigenvalue weighted by Gasteiger charge is 2.14. The highest BCUT2D eigenvalue weighted by Crippen LogP contribution is 2.30. The Morgan fingerprint density at radius 3 is 2.15 bits per heavy atom. The maximum Gasteiger partial charge on any atom is 0.284 e. The zero-order chi connectivity index (χ0) is 17.8. The molecule has 0 aliphatic carbocycles. The summed E-state index contributed by atoms with van der Waals surface area (Å²) in [5.74, 6) is 0.963. The first-order valence-corrected chi connectivity index (χ1v) is 9.22. The van der Waals surface area contributed by atoms with Crippen LogP contribution >= 0.6 is 24.0 Å². The van der Waals surface area contributed by atoms with Crippen molar-refractivity contribution in [2.75, 3.05) is 0 Å². The van der Waals surface area contributed by atoms with E-state index < -0.39 is 0 Å². The molecule has 0 fully saturated rings. The number of benzene rings is 2. The molecule has 1 N–H and O–H groups in total. The van der Waals surface area contributed by atoms with Crippen LogP contribution < -0.4 is 0 Å². The van der Waals surface area contributed by atoms with Gasteiger partial charge in [0, 0.05) is 11.1 Å². The minimum absolute atomic E-state index is 0.254. The van der Waals surface area contributed by atoms with Crippen LogP contribution in [0.15, 0.2) is 70.2 Å². The molecule has 0 radical (unpaired) electrons. The van der Waals surface area contributed by atoms with Crippen molar-refractivity contribution in [2.45, 2.75) is 10.9 Å². The van der Waals surface area contributed by atoms with Gasteiger partial charge in [-0.05, 0) is 12.2 Å². The van der Waals surface area contributed by atoms with Crippen molar-refractivity contribution in [3.63, 3.8) is 0 Å². The quantitative estimate of drug-likeness (QED) is 0.403. The summed E-state index contributed by atoms with van der Waals surface area (Å²) in [7, 11) is 0.